The summed E-state index contributed by atoms with van der Waals surface area (Å²) in [5.41, 5.74) is 0. The molecule has 0 aliphatic heterocycles. The lowest BCUT2D eigenvalue weighted by molar-refractivity contribution is 0.109. The molecule has 0 amide bonds. The predicted octanol–water partition coefficient (Wildman–Crippen LogP) is 2.35. The van der Waals surface area contributed by atoms with Gasteiger partial charge in [0, 0.05) is 45.2 Å². The van der Waals surface area contributed by atoms with E-state index in [4.69, 9.17) is 9.26 Å². The highest BCUT2D eigenvalue weighted by atomic mass is 16.5. The third-order valence-electron chi connectivity index (χ3n) is 3.14. The second-order valence-corrected chi connectivity index (χ2v) is 6.46. The Morgan fingerprint density at radius 3 is 2.67 bits per heavy atom. The number of hydrogen-bond acceptors (Lipinski definition) is 5. The number of aliphatic imine (C=N–C) groups is 1. The monoisotopic (exact) mass is 339 g/mol. The van der Waals surface area contributed by atoms with Gasteiger partial charge >= 0.3 is 0 Å². The number of nitrogens with one attached hydrogen (secondary N) is 2. The van der Waals surface area contributed by atoms with Crippen molar-refractivity contribution in [3.8, 4) is 0 Å². The van der Waals surface area contributed by atoms with Gasteiger partial charge in [-0.15, -0.1) is 0 Å². The van der Waals surface area contributed by atoms with Crippen LogP contribution in [0.1, 0.15) is 58.7 Å². The Morgan fingerprint density at radius 1 is 1.25 bits per heavy atom. The molecule has 1 rings (SSSR count). The van der Waals surface area contributed by atoms with Crippen LogP contribution < -0.4 is 10.6 Å². The summed E-state index contributed by atoms with van der Waals surface area (Å²) in [6.07, 6.45) is 1.60. The number of hydrogen-bond donors (Lipinski definition) is 2. The molecular weight excluding hydrogens is 306 g/mol. The second kappa shape index (κ2) is 11.8. The Labute approximate surface area is 145 Å². The molecule has 138 valence electrons. The van der Waals surface area contributed by atoms with Crippen molar-refractivity contribution >= 4 is 5.96 Å². The van der Waals surface area contributed by atoms with Gasteiger partial charge in [-0.2, -0.15) is 4.98 Å². The molecule has 1 aromatic heterocycles. The van der Waals surface area contributed by atoms with Crippen LogP contribution in [0.5, 0.6) is 0 Å². The Balaban J connectivity index is 2.27. The molecule has 0 saturated carbocycles. The first-order chi connectivity index (χ1) is 11.5. The van der Waals surface area contributed by atoms with Crippen molar-refractivity contribution in [3.63, 3.8) is 0 Å². The summed E-state index contributed by atoms with van der Waals surface area (Å²) in [4.78, 5) is 8.91. The Kier molecular flexibility index (Phi) is 10.1. The molecule has 0 aliphatic carbocycles. The maximum Gasteiger partial charge on any atom is 0.228 e. The van der Waals surface area contributed by atoms with E-state index in [1.807, 2.05) is 13.8 Å². The highest BCUT2D eigenvalue weighted by molar-refractivity contribution is 5.79. The molecule has 0 saturated heterocycles. The van der Waals surface area contributed by atoms with Gasteiger partial charge in [-0.25, -0.2) is 0 Å². The summed E-state index contributed by atoms with van der Waals surface area (Å²) in [6.45, 7) is 14.3. The maximum absolute atomic E-state index is 5.56. The second-order valence-electron chi connectivity index (χ2n) is 6.46. The van der Waals surface area contributed by atoms with Crippen molar-refractivity contribution in [2.45, 2.75) is 53.4 Å². The molecule has 0 spiro atoms. The summed E-state index contributed by atoms with van der Waals surface area (Å²) in [5, 5.41) is 10.5. The van der Waals surface area contributed by atoms with Gasteiger partial charge in [0.1, 0.15) is 0 Å². The fraction of sp³-hybridized carbons (Fsp3) is 0.824. The van der Waals surface area contributed by atoms with Gasteiger partial charge in [-0.1, -0.05) is 32.9 Å². The normalized spacial score (nSPS) is 12.2. The molecule has 0 fully saturated rings. The number of guanidine groups is 1. The lowest BCUT2D eigenvalue weighted by Crippen LogP contribution is -2.38. The van der Waals surface area contributed by atoms with Crippen molar-refractivity contribution in [2.75, 3.05) is 32.8 Å². The molecule has 7 nitrogen and oxygen atoms in total. The molecule has 0 unspecified atom stereocenters. The molecule has 0 atom stereocenters. The zero-order chi connectivity index (χ0) is 17.8. The molecule has 1 aromatic rings. The van der Waals surface area contributed by atoms with E-state index in [0.29, 0.717) is 24.8 Å². The van der Waals surface area contributed by atoms with Crippen LogP contribution in [0.25, 0.3) is 0 Å². The van der Waals surface area contributed by atoms with Crippen LogP contribution in [-0.2, 0) is 11.2 Å². The number of nitrogens with zero attached hydrogens (tertiary/aromatic N) is 3. The van der Waals surface area contributed by atoms with E-state index in [-0.39, 0.29) is 5.92 Å². The SMILES string of the molecule is CCNC(=NCCCOCC(C)C)NCCc1nc(C(C)C)no1. The fourth-order valence-corrected chi connectivity index (χ4v) is 1.91. The standard InChI is InChI=1S/C17H33N5O2/c1-6-18-17(19-9-7-11-23-12-13(2)3)20-10-8-15-21-16(14(4)5)22-24-15/h13-14H,6-12H2,1-5H3,(H2,18,19,20). The summed E-state index contributed by atoms with van der Waals surface area (Å²) in [5.74, 6) is 3.08. The fourth-order valence-electron chi connectivity index (χ4n) is 1.91. The molecule has 2 N–H and O–H groups in total. The van der Waals surface area contributed by atoms with Crippen LogP contribution in [0.15, 0.2) is 9.52 Å². The first-order valence-electron chi connectivity index (χ1n) is 8.95. The maximum atomic E-state index is 5.56. The molecule has 0 bridgehead atoms. The summed E-state index contributed by atoms with van der Waals surface area (Å²) < 4.78 is 10.8. The summed E-state index contributed by atoms with van der Waals surface area (Å²) in [7, 11) is 0. The van der Waals surface area contributed by atoms with E-state index in [0.717, 1.165) is 44.5 Å². The highest BCUT2D eigenvalue weighted by Gasteiger charge is 2.09. The molecule has 0 aromatic carbocycles. The van der Waals surface area contributed by atoms with Crippen LogP contribution in [0.2, 0.25) is 0 Å². The zero-order valence-corrected chi connectivity index (χ0v) is 15.8. The van der Waals surface area contributed by atoms with Gasteiger partial charge in [0.2, 0.25) is 5.89 Å². The molecule has 0 radical (unpaired) electrons. The van der Waals surface area contributed by atoms with Gasteiger partial charge < -0.3 is 19.9 Å². The van der Waals surface area contributed by atoms with Crippen molar-refractivity contribution in [3.05, 3.63) is 11.7 Å². The van der Waals surface area contributed by atoms with Crippen molar-refractivity contribution in [1.29, 1.82) is 0 Å². The third kappa shape index (κ3) is 8.86. The number of ether oxygens (including phenoxy) is 1. The largest absolute Gasteiger partial charge is 0.381 e. The lowest BCUT2D eigenvalue weighted by atomic mass is 10.2. The van der Waals surface area contributed by atoms with Crippen LogP contribution >= 0.6 is 0 Å². The number of rotatable bonds is 11. The first kappa shape index (κ1) is 20.4. The van der Waals surface area contributed by atoms with Crippen LogP contribution in [0.3, 0.4) is 0 Å². The predicted molar refractivity (Wildman–Crippen MR) is 96.3 cm³/mol. The van der Waals surface area contributed by atoms with Gasteiger partial charge in [-0.3, -0.25) is 4.99 Å². The quantitative estimate of drug-likeness (QED) is 0.366. The van der Waals surface area contributed by atoms with Crippen LogP contribution in [-0.4, -0.2) is 48.9 Å². The van der Waals surface area contributed by atoms with E-state index in [2.05, 4.69) is 46.5 Å². The van der Waals surface area contributed by atoms with Crippen molar-refractivity contribution in [2.24, 2.45) is 10.9 Å². The topological polar surface area (TPSA) is 84.6 Å². The molecule has 0 aliphatic rings. The van der Waals surface area contributed by atoms with Crippen molar-refractivity contribution < 1.29 is 9.26 Å². The average molecular weight is 339 g/mol. The van der Waals surface area contributed by atoms with Crippen LogP contribution in [0.4, 0.5) is 0 Å². The lowest BCUT2D eigenvalue weighted by Gasteiger charge is -2.10. The summed E-state index contributed by atoms with van der Waals surface area (Å²) >= 11 is 0. The molecule has 7 heteroatoms. The van der Waals surface area contributed by atoms with E-state index < -0.39 is 0 Å². The van der Waals surface area contributed by atoms with Gasteiger partial charge in [0.05, 0.1) is 0 Å². The molecular formula is C17H33N5O2. The molecule has 24 heavy (non-hydrogen) atoms. The first-order valence-corrected chi connectivity index (χ1v) is 8.95. The Hall–Kier alpha value is -1.63. The van der Waals surface area contributed by atoms with Gasteiger partial charge in [-0.05, 0) is 19.3 Å². The van der Waals surface area contributed by atoms with E-state index >= 15 is 0 Å². The minimum Gasteiger partial charge on any atom is -0.381 e. The minimum atomic E-state index is 0.284. The Bertz CT molecular complexity index is 471. The van der Waals surface area contributed by atoms with E-state index in [9.17, 15) is 0 Å². The van der Waals surface area contributed by atoms with Gasteiger partial charge in [0.25, 0.3) is 0 Å². The van der Waals surface area contributed by atoms with Crippen LogP contribution in [0, 0.1) is 5.92 Å². The third-order valence-corrected chi connectivity index (χ3v) is 3.14. The van der Waals surface area contributed by atoms with Crippen molar-refractivity contribution in [1.82, 2.24) is 20.8 Å². The molecule has 1 heterocycles. The van der Waals surface area contributed by atoms with Gasteiger partial charge in [0.15, 0.2) is 11.8 Å². The summed E-state index contributed by atoms with van der Waals surface area (Å²) in [6, 6.07) is 0. The van der Waals surface area contributed by atoms with E-state index in [1.54, 1.807) is 0 Å². The Morgan fingerprint density at radius 2 is 2.04 bits per heavy atom. The zero-order valence-electron chi connectivity index (χ0n) is 15.8. The smallest absolute Gasteiger partial charge is 0.228 e. The highest BCUT2D eigenvalue weighted by Crippen LogP contribution is 2.09. The van der Waals surface area contributed by atoms with E-state index in [1.165, 1.54) is 0 Å². The average Bonchev–Trinajstić information content (AvgIpc) is 2.99. The minimum absolute atomic E-state index is 0.284. The number of aromatic nitrogens is 2.